The lowest BCUT2D eigenvalue weighted by Crippen LogP contribution is -2.21. The van der Waals surface area contributed by atoms with E-state index in [4.69, 9.17) is 0 Å². The molecule has 2 aromatic carbocycles. The van der Waals surface area contributed by atoms with Crippen molar-refractivity contribution in [3.8, 4) is 0 Å². The highest BCUT2D eigenvalue weighted by atomic mass is 16.6. The molecule has 120 valence electrons. The highest BCUT2D eigenvalue weighted by molar-refractivity contribution is 5.96. The van der Waals surface area contributed by atoms with Crippen molar-refractivity contribution in [3.05, 3.63) is 69.8 Å². The Kier molecular flexibility index (Phi) is 5.46. The van der Waals surface area contributed by atoms with E-state index in [0.717, 1.165) is 18.4 Å². The van der Waals surface area contributed by atoms with Gasteiger partial charge in [-0.15, -0.1) is 0 Å². The topological polar surface area (TPSA) is 72.2 Å². The van der Waals surface area contributed by atoms with E-state index in [1.807, 2.05) is 37.3 Å². The Morgan fingerprint density at radius 1 is 1.17 bits per heavy atom. The second-order valence-corrected chi connectivity index (χ2v) is 5.45. The third-order valence-corrected chi connectivity index (χ3v) is 3.86. The van der Waals surface area contributed by atoms with Crippen LogP contribution in [0, 0.1) is 17.0 Å². The Hall–Kier alpha value is -2.69. The number of amides is 1. The minimum atomic E-state index is -0.439. The average Bonchev–Trinajstić information content (AvgIpc) is 2.55. The minimum Gasteiger partial charge on any atom is -0.325 e. The van der Waals surface area contributed by atoms with Gasteiger partial charge < -0.3 is 5.32 Å². The number of benzene rings is 2. The van der Waals surface area contributed by atoms with Gasteiger partial charge in [-0.2, -0.15) is 0 Å². The Bertz CT molecular complexity index is 699. The van der Waals surface area contributed by atoms with Crippen molar-refractivity contribution >= 4 is 17.3 Å². The van der Waals surface area contributed by atoms with Crippen molar-refractivity contribution in [1.29, 1.82) is 0 Å². The summed E-state index contributed by atoms with van der Waals surface area (Å²) < 4.78 is 0. The fourth-order valence-electron chi connectivity index (χ4n) is 2.60. The van der Waals surface area contributed by atoms with Gasteiger partial charge in [0.15, 0.2) is 0 Å². The van der Waals surface area contributed by atoms with Crippen molar-refractivity contribution in [3.63, 3.8) is 0 Å². The van der Waals surface area contributed by atoms with Gasteiger partial charge in [0.25, 0.3) is 5.69 Å². The number of carbonyl (C=O) groups is 1. The van der Waals surface area contributed by atoms with Crippen LogP contribution in [0.25, 0.3) is 0 Å². The van der Waals surface area contributed by atoms with Crippen LogP contribution in [0.3, 0.4) is 0 Å². The van der Waals surface area contributed by atoms with Crippen LogP contribution in [-0.2, 0) is 4.79 Å². The van der Waals surface area contributed by atoms with Crippen molar-refractivity contribution in [2.24, 2.45) is 0 Å². The van der Waals surface area contributed by atoms with Gasteiger partial charge in [0.2, 0.25) is 5.91 Å². The first-order chi connectivity index (χ1) is 11.0. The summed E-state index contributed by atoms with van der Waals surface area (Å²) in [5, 5.41) is 13.9. The van der Waals surface area contributed by atoms with Gasteiger partial charge in [-0.25, -0.2) is 0 Å². The molecule has 0 saturated carbocycles. The molecule has 1 unspecified atom stereocenters. The van der Waals surface area contributed by atoms with Crippen LogP contribution in [0.15, 0.2) is 48.5 Å². The van der Waals surface area contributed by atoms with E-state index >= 15 is 0 Å². The summed E-state index contributed by atoms with van der Waals surface area (Å²) in [5.74, 6) is -0.401. The number of carbonyl (C=O) groups excluding carboxylic acids is 1. The van der Waals surface area contributed by atoms with Crippen LogP contribution < -0.4 is 5.32 Å². The lowest BCUT2D eigenvalue weighted by molar-refractivity contribution is -0.385. The van der Waals surface area contributed by atoms with E-state index in [9.17, 15) is 14.9 Å². The fraction of sp³-hybridized carbons (Fsp3) is 0.278. The molecule has 23 heavy (non-hydrogen) atoms. The first-order valence-electron chi connectivity index (χ1n) is 7.64. The summed E-state index contributed by atoms with van der Waals surface area (Å²) in [6, 6.07) is 14.3. The van der Waals surface area contributed by atoms with Crippen LogP contribution in [0.1, 0.15) is 36.8 Å². The van der Waals surface area contributed by atoms with Crippen LogP contribution >= 0.6 is 0 Å². The first-order valence-corrected chi connectivity index (χ1v) is 7.64. The van der Waals surface area contributed by atoms with Crippen LogP contribution in [0.4, 0.5) is 11.4 Å². The van der Waals surface area contributed by atoms with Gasteiger partial charge in [-0.1, -0.05) is 49.7 Å². The third kappa shape index (κ3) is 3.94. The molecule has 2 aromatic rings. The maximum absolute atomic E-state index is 12.7. The molecular weight excluding hydrogens is 292 g/mol. The van der Waals surface area contributed by atoms with Crippen LogP contribution in [0.2, 0.25) is 0 Å². The number of hydrogen-bond acceptors (Lipinski definition) is 3. The number of hydrogen-bond donors (Lipinski definition) is 1. The Morgan fingerprint density at radius 2 is 1.87 bits per heavy atom. The summed E-state index contributed by atoms with van der Waals surface area (Å²) >= 11 is 0. The summed E-state index contributed by atoms with van der Waals surface area (Å²) in [7, 11) is 0. The highest BCUT2D eigenvalue weighted by Gasteiger charge is 2.21. The predicted octanol–water partition coefficient (Wildman–Crippen LogP) is 4.43. The molecule has 1 amide bonds. The van der Waals surface area contributed by atoms with Crippen molar-refractivity contribution in [1.82, 2.24) is 0 Å². The van der Waals surface area contributed by atoms with E-state index in [-0.39, 0.29) is 17.5 Å². The molecule has 0 aliphatic rings. The smallest absolute Gasteiger partial charge is 0.274 e. The SMILES string of the molecule is CCCC(C(=O)Nc1cccc([N+](=O)[O-])c1C)c1ccccc1. The molecule has 0 fully saturated rings. The van der Waals surface area contributed by atoms with Crippen molar-refractivity contribution < 1.29 is 9.72 Å². The number of nitro groups is 1. The Morgan fingerprint density at radius 3 is 2.48 bits per heavy atom. The minimum absolute atomic E-state index is 0.00885. The molecule has 1 atom stereocenters. The summed E-state index contributed by atoms with van der Waals surface area (Å²) in [5.41, 5.74) is 1.92. The molecular formula is C18H20N2O3. The fourth-order valence-corrected chi connectivity index (χ4v) is 2.60. The monoisotopic (exact) mass is 312 g/mol. The first kappa shape index (κ1) is 16.7. The van der Waals surface area contributed by atoms with Crippen LogP contribution in [0.5, 0.6) is 0 Å². The summed E-state index contributed by atoms with van der Waals surface area (Å²) in [6.07, 6.45) is 1.60. The molecule has 0 heterocycles. The molecule has 5 nitrogen and oxygen atoms in total. The summed E-state index contributed by atoms with van der Waals surface area (Å²) in [6.45, 7) is 3.67. The molecule has 5 heteroatoms. The number of nitrogens with one attached hydrogen (secondary N) is 1. The predicted molar refractivity (Wildman–Crippen MR) is 90.6 cm³/mol. The standard InChI is InChI=1S/C18H20N2O3/c1-3-8-15(14-9-5-4-6-10-14)18(21)19-16-11-7-12-17(13(16)2)20(22)23/h4-7,9-12,15H,3,8H2,1-2H3,(H,19,21). The zero-order valence-electron chi connectivity index (χ0n) is 13.3. The van der Waals surface area contributed by atoms with Gasteiger partial charge in [-0.3, -0.25) is 14.9 Å². The van der Waals surface area contributed by atoms with Crippen molar-refractivity contribution in [2.75, 3.05) is 5.32 Å². The maximum atomic E-state index is 12.7. The summed E-state index contributed by atoms with van der Waals surface area (Å²) in [4.78, 5) is 23.2. The zero-order chi connectivity index (χ0) is 16.8. The molecule has 1 N–H and O–H groups in total. The highest BCUT2D eigenvalue weighted by Crippen LogP contribution is 2.28. The molecule has 0 aliphatic carbocycles. The van der Waals surface area contributed by atoms with Gasteiger partial charge in [0.1, 0.15) is 0 Å². The molecule has 0 spiro atoms. The van der Waals surface area contributed by atoms with E-state index in [1.54, 1.807) is 19.1 Å². The Labute approximate surface area is 135 Å². The Balaban J connectivity index is 2.26. The van der Waals surface area contributed by atoms with Gasteiger partial charge in [0, 0.05) is 6.07 Å². The number of anilines is 1. The van der Waals surface area contributed by atoms with Gasteiger partial charge >= 0.3 is 0 Å². The second-order valence-electron chi connectivity index (χ2n) is 5.45. The van der Waals surface area contributed by atoms with Crippen LogP contribution in [-0.4, -0.2) is 10.8 Å². The lowest BCUT2D eigenvalue weighted by atomic mass is 9.93. The maximum Gasteiger partial charge on any atom is 0.274 e. The van der Waals surface area contributed by atoms with E-state index in [2.05, 4.69) is 5.32 Å². The number of nitrogens with zero attached hydrogens (tertiary/aromatic N) is 1. The van der Waals surface area contributed by atoms with Crippen molar-refractivity contribution in [2.45, 2.75) is 32.6 Å². The molecule has 0 aromatic heterocycles. The molecule has 0 aliphatic heterocycles. The number of rotatable bonds is 6. The molecule has 0 bridgehead atoms. The molecule has 2 rings (SSSR count). The molecule has 0 radical (unpaired) electrons. The van der Waals surface area contributed by atoms with Gasteiger partial charge in [-0.05, 0) is 25.0 Å². The lowest BCUT2D eigenvalue weighted by Gasteiger charge is -2.17. The van der Waals surface area contributed by atoms with E-state index in [0.29, 0.717) is 11.3 Å². The number of nitro benzene ring substituents is 1. The van der Waals surface area contributed by atoms with E-state index in [1.165, 1.54) is 6.07 Å². The second kappa shape index (κ2) is 7.54. The normalized spacial score (nSPS) is 11.7. The van der Waals surface area contributed by atoms with E-state index < -0.39 is 4.92 Å². The quantitative estimate of drug-likeness (QED) is 0.633. The largest absolute Gasteiger partial charge is 0.325 e. The average molecular weight is 312 g/mol. The third-order valence-electron chi connectivity index (χ3n) is 3.86. The zero-order valence-corrected chi connectivity index (χ0v) is 13.3. The van der Waals surface area contributed by atoms with Gasteiger partial charge in [0.05, 0.1) is 22.1 Å². The molecule has 0 saturated heterocycles.